The summed E-state index contributed by atoms with van der Waals surface area (Å²) in [5.74, 6) is 0. The van der Waals surface area contributed by atoms with Gasteiger partial charge in [-0.2, -0.15) is 0 Å². The molecule has 0 aliphatic rings. The molecule has 0 saturated heterocycles. The first-order valence-electron chi connectivity index (χ1n) is 4.70. The molecule has 14 heavy (non-hydrogen) atoms. The van der Waals surface area contributed by atoms with Crippen molar-refractivity contribution >= 4 is 58.8 Å². The van der Waals surface area contributed by atoms with Gasteiger partial charge in [0.15, 0.2) is 0 Å². The molecular weight excluding hydrogens is 227 g/mol. The fourth-order valence-electron chi connectivity index (χ4n) is 0.921. The van der Waals surface area contributed by atoms with Crippen molar-refractivity contribution in [2.75, 3.05) is 19.8 Å². The van der Waals surface area contributed by atoms with Crippen molar-refractivity contribution in [1.82, 2.24) is 0 Å². The molecule has 0 aromatic heterocycles. The van der Waals surface area contributed by atoms with Gasteiger partial charge in [-0.1, -0.05) is 38.8 Å². The Morgan fingerprint density at radius 2 is 1.86 bits per heavy atom. The van der Waals surface area contributed by atoms with Gasteiger partial charge in [0.25, 0.3) is 0 Å². The molecular formula is C9H19NaO2S2. The van der Waals surface area contributed by atoms with Gasteiger partial charge in [-0.15, -0.1) is 0 Å². The minimum atomic E-state index is 0. The van der Waals surface area contributed by atoms with Crippen molar-refractivity contribution in [3.63, 3.8) is 0 Å². The van der Waals surface area contributed by atoms with Gasteiger partial charge in [-0.3, -0.25) is 0 Å². The molecule has 0 unspecified atom stereocenters. The summed E-state index contributed by atoms with van der Waals surface area (Å²) in [6, 6.07) is 0. The molecule has 0 saturated carbocycles. The van der Waals surface area contributed by atoms with Gasteiger partial charge in [0.1, 0.15) is 6.61 Å². The van der Waals surface area contributed by atoms with E-state index < -0.39 is 0 Å². The molecule has 5 heteroatoms. The van der Waals surface area contributed by atoms with Crippen molar-refractivity contribution in [3.8, 4) is 0 Å². The second-order valence-electron chi connectivity index (χ2n) is 2.79. The predicted molar refractivity (Wildman–Crippen MR) is 69.6 cm³/mol. The van der Waals surface area contributed by atoms with Crippen molar-refractivity contribution < 1.29 is 9.47 Å². The quantitative estimate of drug-likeness (QED) is 0.306. The van der Waals surface area contributed by atoms with E-state index in [0.717, 1.165) is 13.0 Å². The van der Waals surface area contributed by atoms with Gasteiger partial charge in [0.05, 0.1) is 6.61 Å². The Bertz CT molecular complexity index is 134. The molecule has 0 aromatic rings. The van der Waals surface area contributed by atoms with Crippen molar-refractivity contribution in [2.24, 2.45) is 0 Å². The van der Waals surface area contributed by atoms with Crippen LogP contribution in [0.4, 0.5) is 0 Å². The van der Waals surface area contributed by atoms with Crippen LogP contribution in [-0.4, -0.2) is 53.8 Å². The summed E-state index contributed by atoms with van der Waals surface area (Å²) in [4.78, 5) is 0. The first kappa shape index (κ1) is 17.6. The first-order chi connectivity index (χ1) is 6.27. The van der Waals surface area contributed by atoms with E-state index in [2.05, 4.69) is 31.8 Å². The zero-order valence-corrected chi connectivity index (χ0v) is 9.83. The Balaban J connectivity index is 0. The predicted octanol–water partition coefficient (Wildman–Crippen LogP) is 2.17. The average Bonchev–Trinajstić information content (AvgIpc) is 2.09. The van der Waals surface area contributed by atoms with E-state index in [1.165, 1.54) is 19.3 Å². The van der Waals surface area contributed by atoms with Crippen LogP contribution in [0, 0.1) is 0 Å². The Labute approximate surface area is 120 Å². The normalized spacial score (nSPS) is 9.29. The minimum absolute atomic E-state index is 0. The molecule has 0 N–H and O–H groups in total. The van der Waals surface area contributed by atoms with E-state index in [1.54, 1.807) is 0 Å². The third-order valence-corrected chi connectivity index (χ3v) is 1.84. The van der Waals surface area contributed by atoms with Gasteiger partial charge in [-0.25, -0.2) is 0 Å². The van der Waals surface area contributed by atoms with E-state index in [0.29, 0.717) is 13.2 Å². The van der Waals surface area contributed by atoms with Crippen LogP contribution >= 0.6 is 24.8 Å². The number of ether oxygens (including phenoxy) is 2. The van der Waals surface area contributed by atoms with Gasteiger partial charge < -0.3 is 9.47 Å². The van der Waals surface area contributed by atoms with Gasteiger partial charge in [0, 0.05) is 6.61 Å². The number of thiocarbonyl (C=S) groups is 1. The molecule has 2 nitrogen and oxygen atoms in total. The van der Waals surface area contributed by atoms with Crippen LogP contribution in [0.3, 0.4) is 0 Å². The Morgan fingerprint density at radius 1 is 1.14 bits per heavy atom. The SMILES string of the molecule is CCCCCCOCCOC(=S)S.[NaH]. The second-order valence-corrected chi connectivity index (χ2v) is 3.87. The third kappa shape index (κ3) is 15.7. The summed E-state index contributed by atoms with van der Waals surface area (Å²) in [5.41, 5.74) is 0. The molecule has 0 bridgehead atoms. The van der Waals surface area contributed by atoms with Gasteiger partial charge in [0.2, 0.25) is 4.38 Å². The van der Waals surface area contributed by atoms with Crippen LogP contribution in [0.15, 0.2) is 0 Å². The number of thiol groups is 1. The Morgan fingerprint density at radius 3 is 2.43 bits per heavy atom. The number of unbranched alkanes of at least 4 members (excludes halogenated alkanes) is 3. The van der Waals surface area contributed by atoms with E-state index >= 15 is 0 Å². The summed E-state index contributed by atoms with van der Waals surface area (Å²) in [5, 5.41) is 0. The van der Waals surface area contributed by atoms with Crippen LogP contribution < -0.4 is 0 Å². The standard InChI is InChI=1S/C9H18O2S2.Na.H/c1-2-3-4-5-6-10-7-8-11-9(12)13;;/h2-8H2,1H3,(H,12,13);;. The summed E-state index contributed by atoms with van der Waals surface area (Å²) < 4.78 is 10.5. The summed E-state index contributed by atoms with van der Waals surface area (Å²) in [7, 11) is 0. The molecule has 0 aliphatic heterocycles. The molecule has 0 fully saturated rings. The van der Waals surface area contributed by atoms with Crippen LogP contribution in [0.1, 0.15) is 32.6 Å². The molecule has 0 aliphatic carbocycles. The van der Waals surface area contributed by atoms with Gasteiger partial charge >= 0.3 is 29.6 Å². The van der Waals surface area contributed by atoms with E-state index in [9.17, 15) is 0 Å². The monoisotopic (exact) mass is 246 g/mol. The Kier molecular flexibility index (Phi) is 17.8. The molecule has 0 radical (unpaired) electrons. The number of hydrogen-bond donors (Lipinski definition) is 1. The summed E-state index contributed by atoms with van der Waals surface area (Å²) >= 11 is 8.44. The van der Waals surface area contributed by atoms with Gasteiger partial charge in [-0.05, 0) is 18.6 Å². The third-order valence-electron chi connectivity index (χ3n) is 1.60. The molecule has 0 spiro atoms. The zero-order valence-electron chi connectivity index (χ0n) is 8.12. The van der Waals surface area contributed by atoms with Crippen LogP contribution in [-0.2, 0) is 9.47 Å². The van der Waals surface area contributed by atoms with E-state index in [-0.39, 0.29) is 33.9 Å². The van der Waals surface area contributed by atoms with Crippen LogP contribution in [0.2, 0.25) is 0 Å². The summed E-state index contributed by atoms with van der Waals surface area (Å²) in [6.45, 7) is 4.13. The number of rotatable bonds is 8. The molecule has 0 heterocycles. The van der Waals surface area contributed by atoms with Crippen LogP contribution in [0.5, 0.6) is 0 Å². The summed E-state index contributed by atoms with van der Waals surface area (Å²) in [6.07, 6.45) is 4.94. The van der Waals surface area contributed by atoms with Crippen molar-refractivity contribution in [3.05, 3.63) is 0 Å². The molecule has 0 aromatic carbocycles. The fraction of sp³-hybridized carbons (Fsp3) is 0.889. The topological polar surface area (TPSA) is 18.5 Å². The maximum absolute atomic E-state index is 5.31. The zero-order chi connectivity index (χ0) is 9.94. The van der Waals surface area contributed by atoms with E-state index in [4.69, 9.17) is 9.47 Å². The van der Waals surface area contributed by atoms with E-state index in [1.807, 2.05) is 0 Å². The van der Waals surface area contributed by atoms with Crippen LogP contribution in [0.25, 0.3) is 0 Å². The molecule has 0 rings (SSSR count). The van der Waals surface area contributed by atoms with Crippen molar-refractivity contribution in [1.29, 1.82) is 0 Å². The molecule has 0 atom stereocenters. The fourth-order valence-corrected chi connectivity index (χ4v) is 1.10. The Hall–Kier alpha value is 1.20. The van der Waals surface area contributed by atoms with Crippen molar-refractivity contribution in [2.45, 2.75) is 32.6 Å². The average molecular weight is 246 g/mol. The number of hydrogen-bond acceptors (Lipinski definition) is 3. The molecule has 80 valence electrons. The molecule has 0 amide bonds. The second kappa shape index (κ2) is 14.2. The first-order valence-corrected chi connectivity index (χ1v) is 5.56. The maximum atomic E-state index is 5.31.